The molecule has 0 aliphatic heterocycles. The Bertz CT molecular complexity index is 4810. The quantitative estimate of drug-likeness (QED) is 0.0691. The fourth-order valence-corrected chi connectivity index (χ4v) is 13.5. The second-order valence-electron chi connectivity index (χ2n) is 24.1. The third kappa shape index (κ3) is 24.1. The summed E-state index contributed by atoms with van der Waals surface area (Å²) in [6.07, 6.45) is 3.50. The number of carbonyl (C=O) groups excluding carboxylic acids is 3. The first-order valence-corrected chi connectivity index (χ1v) is 33.9. The Hall–Kier alpha value is -8.55. The van der Waals surface area contributed by atoms with Crippen LogP contribution in [0, 0.1) is 39.0 Å². The van der Waals surface area contributed by atoms with Crippen LogP contribution in [0.5, 0.6) is 0 Å². The van der Waals surface area contributed by atoms with Crippen molar-refractivity contribution in [2.75, 3.05) is 0 Å². The predicted molar refractivity (Wildman–Crippen MR) is 408 cm³/mol. The van der Waals surface area contributed by atoms with Crippen molar-refractivity contribution in [1.29, 1.82) is 0 Å². The second-order valence-corrected chi connectivity index (χ2v) is 27.1. The standard InChI is InChI=1S/C27H20NS.C23H20NS.C20H14NS.3C5H8O2.3Ir/c1-18-7-6-8-19(2)26(18)22-13-11-21(12-14-22)25-17-23-15-16-24(28-27(23)29-25)20-9-4-3-5-10-20;1-23(2,3)19-12-9-17(10-13-19)21-15-18-11-14-20(24-22(18)25-21)16-7-5-4-6-8-16;1-14-17-12-13-18(15-8-4-2-5-9-15)21-20(17)22-19(14)16-10-6-3-7-11-16;3*1-4(6)3-5(2)7;;;/h3-9,11-17H,1-2H3;4-7,9-15H,1-3H3;2-8,10-13H,1H3;3*3,6H,1-2H3;;;/q3*-1;;;;;;. The Labute approximate surface area is 640 Å². The van der Waals surface area contributed by atoms with Gasteiger partial charge in [-0.2, -0.15) is 0 Å². The molecule has 0 aliphatic rings. The zero-order chi connectivity index (χ0) is 69.8. The normalized spacial score (nSPS) is 11.0. The maximum absolute atomic E-state index is 10.0. The SMILES string of the molecule is CC(=O)C=C(C)O.CC(=O)C=C(C)O.CC(=O)C=C(C)O.CC(C)(C)c1ccc(-c2cc3ccc(-c4[c-]cccc4)nc3s2)cc1.Cc1c(-c2ccccc2)sc2nc(-c3[c-]cccc3)ccc12.Cc1cccc(C)c1-c1ccc(-c2cc3ccc(-c4[c-]cccc4)nc3s2)cc1.[Ir].[Ir].[Ir]. The van der Waals surface area contributed by atoms with Crippen molar-refractivity contribution in [3.63, 3.8) is 0 Å². The van der Waals surface area contributed by atoms with Gasteiger partial charge in [0.2, 0.25) is 0 Å². The van der Waals surface area contributed by atoms with E-state index in [2.05, 4.69) is 205 Å². The number of aromatic nitrogens is 3. The number of ketones is 3. The number of fused-ring (bicyclic) bond motifs is 3. The third-order valence-electron chi connectivity index (χ3n) is 14.8. The summed E-state index contributed by atoms with van der Waals surface area (Å²) in [5.41, 5.74) is 17.9. The van der Waals surface area contributed by atoms with Gasteiger partial charge < -0.3 is 15.3 Å². The van der Waals surface area contributed by atoms with E-state index in [0.29, 0.717) is 0 Å². The summed E-state index contributed by atoms with van der Waals surface area (Å²) >= 11 is 5.25. The van der Waals surface area contributed by atoms with Crippen molar-refractivity contribution in [1.82, 2.24) is 15.0 Å². The van der Waals surface area contributed by atoms with Crippen LogP contribution in [0.2, 0.25) is 0 Å². The first-order chi connectivity index (χ1) is 46.4. The molecule has 0 atom stereocenters. The van der Waals surface area contributed by atoms with Crippen molar-refractivity contribution in [3.8, 4) is 76.2 Å². The van der Waals surface area contributed by atoms with E-state index in [1.807, 2.05) is 72.8 Å². The molecule has 0 aliphatic carbocycles. The summed E-state index contributed by atoms with van der Waals surface area (Å²) in [6.45, 7) is 21.8. The molecule has 0 saturated heterocycles. The molecule has 3 radical (unpaired) electrons. The molecule has 9 nitrogen and oxygen atoms in total. The molecule has 0 fully saturated rings. The minimum atomic E-state index is -0.125. The number of aryl methyl sites for hydroxylation is 3. The van der Waals surface area contributed by atoms with Gasteiger partial charge in [-0.1, -0.05) is 154 Å². The van der Waals surface area contributed by atoms with Gasteiger partial charge in [-0.3, -0.25) is 29.3 Å². The topological polar surface area (TPSA) is 151 Å². The van der Waals surface area contributed by atoms with Gasteiger partial charge in [0.1, 0.15) is 14.5 Å². The minimum Gasteiger partial charge on any atom is -0.512 e. The number of pyridine rings is 3. The van der Waals surface area contributed by atoms with Crippen LogP contribution in [0.15, 0.2) is 254 Å². The Morgan fingerprint density at radius 3 is 1.13 bits per heavy atom. The van der Waals surface area contributed by atoms with Crippen molar-refractivity contribution in [2.24, 2.45) is 0 Å². The molecule has 0 bridgehead atoms. The van der Waals surface area contributed by atoms with E-state index in [9.17, 15) is 14.4 Å². The van der Waals surface area contributed by atoms with Crippen molar-refractivity contribution in [2.45, 2.75) is 88.5 Å². The van der Waals surface area contributed by atoms with Crippen LogP contribution in [0.1, 0.15) is 84.6 Å². The molecule has 0 saturated carbocycles. The van der Waals surface area contributed by atoms with E-state index in [-0.39, 0.29) is 100 Å². The number of aliphatic hydroxyl groups excluding tert-OH is 3. The van der Waals surface area contributed by atoms with E-state index < -0.39 is 0 Å². The molecular weight excluding hydrogens is 1830 g/mol. The number of thiophene rings is 3. The monoisotopic (exact) mass is 1910 g/mol. The Morgan fingerprint density at radius 1 is 0.400 bits per heavy atom. The number of benzene rings is 7. The van der Waals surface area contributed by atoms with Gasteiger partial charge in [-0.25, -0.2) is 0 Å². The Balaban J connectivity index is 0.000000234. The molecule has 0 unspecified atom stereocenters. The number of hydrogen-bond acceptors (Lipinski definition) is 12. The van der Waals surface area contributed by atoms with Gasteiger partial charge in [0, 0.05) is 109 Å². The average Bonchev–Trinajstić information content (AvgIpc) is 1.63. The number of carbonyl (C=O) groups is 3. The van der Waals surface area contributed by atoms with Gasteiger partial charge in [0.25, 0.3) is 0 Å². The average molecular weight is 1910 g/mol. The first-order valence-electron chi connectivity index (χ1n) is 31.5. The molecule has 0 amide bonds. The fourth-order valence-electron chi connectivity index (χ4n) is 10.3. The molecule has 6 heterocycles. The van der Waals surface area contributed by atoms with Crippen LogP contribution in [0.4, 0.5) is 0 Å². The molecule has 7 aromatic carbocycles. The van der Waals surface area contributed by atoms with Gasteiger partial charge in [0.05, 0.1) is 17.3 Å². The van der Waals surface area contributed by atoms with Crippen LogP contribution < -0.4 is 0 Å². The molecule has 13 rings (SSSR count). The van der Waals surface area contributed by atoms with Crippen LogP contribution in [-0.4, -0.2) is 47.6 Å². The van der Waals surface area contributed by atoms with Crippen LogP contribution in [0.25, 0.3) is 107 Å². The number of hydrogen-bond donors (Lipinski definition) is 3. The minimum absolute atomic E-state index is 0. The molecular formula is C85H78Ir3N3O6S3-3. The molecule has 100 heavy (non-hydrogen) atoms. The van der Waals surface area contributed by atoms with Gasteiger partial charge >= 0.3 is 0 Å². The second kappa shape index (κ2) is 39.4. The van der Waals surface area contributed by atoms with E-state index in [1.54, 1.807) is 34.0 Å². The summed E-state index contributed by atoms with van der Waals surface area (Å²) in [6, 6.07) is 85.7. The predicted octanol–water partition coefficient (Wildman–Crippen LogP) is 23.3. The first kappa shape index (κ1) is 82.1. The summed E-state index contributed by atoms with van der Waals surface area (Å²) in [4.78, 5) is 51.6. The van der Waals surface area contributed by atoms with Gasteiger partial charge in [-0.15, -0.1) is 142 Å². The van der Waals surface area contributed by atoms with E-state index in [0.717, 1.165) is 48.3 Å². The molecule has 6 aromatic heterocycles. The van der Waals surface area contributed by atoms with Gasteiger partial charge in [0.15, 0.2) is 17.3 Å². The van der Waals surface area contributed by atoms with E-state index >= 15 is 0 Å². The zero-order valence-corrected chi connectivity index (χ0v) is 67.3. The maximum Gasteiger partial charge on any atom is 0.155 e. The molecule has 517 valence electrons. The summed E-state index contributed by atoms with van der Waals surface area (Å²) in [5, 5.41) is 28.7. The van der Waals surface area contributed by atoms with Crippen molar-refractivity contribution >= 4 is 82.0 Å². The van der Waals surface area contributed by atoms with Crippen LogP contribution in [0.3, 0.4) is 0 Å². The van der Waals surface area contributed by atoms with E-state index in [4.69, 9.17) is 30.3 Å². The maximum atomic E-state index is 10.0. The zero-order valence-electron chi connectivity index (χ0n) is 57.6. The van der Waals surface area contributed by atoms with Crippen molar-refractivity contribution < 1.29 is 90.0 Å². The Kier molecular flexibility index (Phi) is 32.4. The summed E-state index contributed by atoms with van der Waals surface area (Å²) in [7, 11) is 0. The molecule has 0 spiro atoms. The largest absolute Gasteiger partial charge is 0.512 e. The summed E-state index contributed by atoms with van der Waals surface area (Å²) < 4.78 is 0. The van der Waals surface area contributed by atoms with Crippen LogP contribution in [-0.2, 0) is 80.1 Å². The molecule has 15 heteroatoms. The number of nitrogens with zero attached hydrogens (tertiary/aromatic N) is 3. The molecule has 13 aromatic rings. The number of aliphatic hydroxyl groups is 3. The van der Waals surface area contributed by atoms with Gasteiger partial charge in [-0.05, 0) is 147 Å². The van der Waals surface area contributed by atoms with Crippen molar-refractivity contribution in [3.05, 3.63) is 294 Å². The molecule has 3 N–H and O–H groups in total. The van der Waals surface area contributed by atoms with Crippen LogP contribution >= 0.6 is 34.0 Å². The number of rotatable bonds is 10. The Morgan fingerprint density at radius 2 is 0.770 bits per heavy atom. The third-order valence-corrected chi connectivity index (χ3v) is 18.2. The fraction of sp³-hybridized carbons (Fsp3) is 0.153. The van der Waals surface area contributed by atoms with E-state index in [1.165, 1.54) is 141 Å². The number of allylic oxidation sites excluding steroid dienone is 6. The smallest absolute Gasteiger partial charge is 0.155 e. The summed E-state index contributed by atoms with van der Waals surface area (Å²) in [5.74, 6) is -0.187.